The van der Waals surface area contributed by atoms with Crippen LogP contribution in [0.15, 0.2) is 72.3 Å². The van der Waals surface area contributed by atoms with Crippen molar-refractivity contribution in [2.24, 2.45) is 0 Å². The first-order valence-corrected chi connectivity index (χ1v) is 8.35. The van der Waals surface area contributed by atoms with Crippen molar-refractivity contribution < 1.29 is 0 Å². The fraction of sp³-hybridized carbons (Fsp3) is 0.0909. The molecule has 0 N–H and O–H groups in total. The summed E-state index contributed by atoms with van der Waals surface area (Å²) < 4.78 is 1.03. The van der Waals surface area contributed by atoms with Crippen molar-refractivity contribution >= 4 is 40.2 Å². The number of hydrogen-bond acceptors (Lipinski definition) is 0. The SMILES string of the molecule is C=Cc1c(/C=C\C=C/C)ccc(/C=C/C=C(Br)\C=C/C)c1C=C. The monoisotopic (exact) mass is 366 g/mol. The Labute approximate surface area is 148 Å². The molecule has 118 valence electrons. The Kier molecular flexibility index (Phi) is 8.71. The zero-order valence-electron chi connectivity index (χ0n) is 13.8. The van der Waals surface area contributed by atoms with E-state index in [2.05, 4.69) is 53.4 Å². The maximum Gasteiger partial charge on any atom is 0.0171 e. The van der Waals surface area contributed by atoms with E-state index in [0.29, 0.717) is 0 Å². The van der Waals surface area contributed by atoms with Crippen LogP contribution >= 0.6 is 15.9 Å². The third-order valence-electron chi connectivity index (χ3n) is 3.20. The number of halogens is 1. The summed E-state index contributed by atoms with van der Waals surface area (Å²) in [6, 6.07) is 4.21. The van der Waals surface area contributed by atoms with E-state index < -0.39 is 0 Å². The minimum Gasteiger partial charge on any atom is -0.0984 e. The molecule has 1 rings (SSSR count). The molecule has 0 bridgehead atoms. The Hall–Kier alpha value is -2.12. The summed E-state index contributed by atoms with van der Waals surface area (Å²) in [6.07, 6.45) is 22.0. The lowest BCUT2D eigenvalue weighted by molar-refractivity contribution is 1.54. The van der Waals surface area contributed by atoms with Crippen LogP contribution in [-0.2, 0) is 0 Å². The highest BCUT2D eigenvalue weighted by molar-refractivity contribution is 9.11. The molecule has 0 aliphatic carbocycles. The van der Waals surface area contributed by atoms with Crippen LogP contribution in [0.5, 0.6) is 0 Å². The molecule has 0 spiro atoms. The maximum atomic E-state index is 3.95. The van der Waals surface area contributed by atoms with Gasteiger partial charge in [-0.1, -0.05) is 102 Å². The fourth-order valence-electron chi connectivity index (χ4n) is 2.15. The zero-order valence-corrected chi connectivity index (χ0v) is 15.4. The van der Waals surface area contributed by atoms with E-state index in [1.165, 1.54) is 0 Å². The zero-order chi connectivity index (χ0) is 17.1. The predicted molar refractivity (Wildman–Crippen MR) is 111 cm³/mol. The van der Waals surface area contributed by atoms with Gasteiger partial charge < -0.3 is 0 Å². The second-order valence-electron chi connectivity index (χ2n) is 4.78. The minimum atomic E-state index is 1.03. The molecule has 0 unspecified atom stereocenters. The summed E-state index contributed by atoms with van der Waals surface area (Å²) in [5.41, 5.74) is 4.44. The molecule has 0 aromatic heterocycles. The standard InChI is InChI=1S/C22H23Br/c1-5-9-10-13-18-16-17-19(22(8-4)21(18)7-3)14-11-15-20(23)12-6-2/h5-17H,3-4H2,1-2H3/b9-5-,12-6-,13-10-,14-11+,20-15+. The normalized spacial score (nSPS) is 12.9. The molecule has 0 saturated carbocycles. The molecule has 0 aliphatic rings. The van der Waals surface area contributed by atoms with Crippen molar-refractivity contribution in [2.45, 2.75) is 13.8 Å². The van der Waals surface area contributed by atoms with E-state index in [9.17, 15) is 0 Å². The van der Waals surface area contributed by atoms with Crippen LogP contribution < -0.4 is 0 Å². The lowest BCUT2D eigenvalue weighted by Crippen LogP contribution is -1.90. The number of allylic oxidation sites excluding steroid dienone is 8. The fourth-order valence-corrected chi connectivity index (χ4v) is 2.56. The average molecular weight is 367 g/mol. The summed E-state index contributed by atoms with van der Waals surface area (Å²) >= 11 is 3.49. The second kappa shape index (κ2) is 10.6. The van der Waals surface area contributed by atoms with Crippen LogP contribution in [0.2, 0.25) is 0 Å². The first-order chi connectivity index (χ1) is 11.2. The molecule has 23 heavy (non-hydrogen) atoms. The van der Waals surface area contributed by atoms with E-state index >= 15 is 0 Å². The maximum absolute atomic E-state index is 3.95. The van der Waals surface area contributed by atoms with E-state index in [1.807, 2.05) is 68.5 Å². The lowest BCUT2D eigenvalue weighted by atomic mass is 9.95. The van der Waals surface area contributed by atoms with Crippen molar-refractivity contribution in [3.63, 3.8) is 0 Å². The van der Waals surface area contributed by atoms with Gasteiger partial charge in [-0.3, -0.25) is 0 Å². The molecule has 1 aromatic rings. The van der Waals surface area contributed by atoms with Crippen LogP contribution in [0, 0.1) is 0 Å². The molecule has 0 saturated heterocycles. The van der Waals surface area contributed by atoms with Crippen molar-refractivity contribution in [1.29, 1.82) is 0 Å². The van der Waals surface area contributed by atoms with Gasteiger partial charge in [0.25, 0.3) is 0 Å². The van der Waals surface area contributed by atoms with Crippen LogP contribution in [0.25, 0.3) is 24.3 Å². The Morgan fingerprint density at radius 3 is 1.91 bits per heavy atom. The average Bonchev–Trinajstić information content (AvgIpc) is 2.55. The number of rotatable bonds is 7. The molecule has 0 heterocycles. The van der Waals surface area contributed by atoms with Crippen molar-refractivity contribution in [1.82, 2.24) is 0 Å². The van der Waals surface area contributed by atoms with Gasteiger partial charge in [0, 0.05) is 4.48 Å². The molecule has 0 radical (unpaired) electrons. The van der Waals surface area contributed by atoms with E-state index in [4.69, 9.17) is 0 Å². The van der Waals surface area contributed by atoms with Crippen molar-refractivity contribution in [3.8, 4) is 0 Å². The van der Waals surface area contributed by atoms with Gasteiger partial charge in [0.05, 0.1) is 0 Å². The summed E-state index contributed by atoms with van der Waals surface area (Å²) in [6.45, 7) is 11.9. The highest BCUT2D eigenvalue weighted by Crippen LogP contribution is 2.24. The predicted octanol–water partition coefficient (Wildman–Crippen LogP) is 7.43. The molecule has 1 aromatic carbocycles. The van der Waals surface area contributed by atoms with Crippen LogP contribution in [0.4, 0.5) is 0 Å². The Morgan fingerprint density at radius 2 is 1.43 bits per heavy atom. The molecule has 0 atom stereocenters. The summed E-state index contributed by atoms with van der Waals surface area (Å²) in [4.78, 5) is 0. The number of benzene rings is 1. The highest BCUT2D eigenvalue weighted by Gasteiger charge is 2.05. The van der Waals surface area contributed by atoms with Gasteiger partial charge >= 0.3 is 0 Å². The van der Waals surface area contributed by atoms with Gasteiger partial charge in [-0.25, -0.2) is 0 Å². The van der Waals surface area contributed by atoms with Crippen LogP contribution in [-0.4, -0.2) is 0 Å². The van der Waals surface area contributed by atoms with Gasteiger partial charge in [-0.2, -0.15) is 0 Å². The molecule has 0 aliphatic heterocycles. The number of hydrogen-bond donors (Lipinski definition) is 0. The van der Waals surface area contributed by atoms with Crippen molar-refractivity contribution in [2.75, 3.05) is 0 Å². The quantitative estimate of drug-likeness (QED) is 0.440. The van der Waals surface area contributed by atoms with Crippen molar-refractivity contribution in [3.05, 3.63) is 94.6 Å². The summed E-state index contributed by atoms with van der Waals surface area (Å²) in [5, 5.41) is 0. The summed E-state index contributed by atoms with van der Waals surface area (Å²) in [7, 11) is 0. The molecule has 0 amide bonds. The highest BCUT2D eigenvalue weighted by atomic mass is 79.9. The third-order valence-corrected chi connectivity index (χ3v) is 3.73. The van der Waals surface area contributed by atoms with Crippen LogP contribution in [0.1, 0.15) is 36.1 Å². The van der Waals surface area contributed by atoms with Crippen LogP contribution in [0.3, 0.4) is 0 Å². The molecular weight excluding hydrogens is 344 g/mol. The van der Waals surface area contributed by atoms with Gasteiger partial charge in [-0.15, -0.1) is 0 Å². The van der Waals surface area contributed by atoms with E-state index in [1.54, 1.807) is 0 Å². The van der Waals surface area contributed by atoms with E-state index in [-0.39, 0.29) is 0 Å². The lowest BCUT2D eigenvalue weighted by Gasteiger charge is -2.09. The largest absolute Gasteiger partial charge is 0.0984 e. The third kappa shape index (κ3) is 5.88. The first kappa shape index (κ1) is 18.9. The molecular formula is C22H23Br. The smallest absolute Gasteiger partial charge is 0.0171 e. The van der Waals surface area contributed by atoms with E-state index in [0.717, 1.165) is 26.7 Å². The Morgan fingerprint density at radius 1 is 0.870 bits per heavy atom. The first-order valence-electron chi connectivity index (χ1n) is 7.55. The van der Waals surface area contributed by atoms with Gasteiger partial charge in [0.15, 0.2) is 0 Å². The van der Waals surface area contributed by atoms with Gasteiger partial charge in [0.1, 0.15) is 0 Å². The molecule has 0 nitrogen and oxygen atoms in total. The molecule has 0 fully saturated rings. The van der Waals surface area contributed by atoms with Gasteiger partial charge in [-0.05, 0) is 42.2 Å². The van der Waals surface area contributed by atoms with Gasteiger partial charge in [0.2, 0.25) is 0 Å². The Balaban J connectivity index is 3.25. The topological polar surface area (TPSA) is 0 Å². The Bertz CT molecular complexity index is 695. The second-order valence-corrected chi connectivity index (χ2v) is 5.69. The molecule has 1 heteroatoms. The minimum absolute atomic E-state index is 1.03. The summed E-state index contributed by atoms with van der Waals surface area (Å²) in [5.74, 6) is 0.